The number of carbonyl (C=O) groups is 2. The molecule has 2 aliphatic rings. The van der Waals surface area contributed by atoms with Gasteiger partial charge in [0.15, 0.2) is 17.3 Å². The molecule has 0 spiro atoms. The van der Waals surface area contributed by atoms with Crippen LogP contribution in [0.5, 0.6) is 11.5 Å². The summed E-state index contributed by atoms with van der Waals surface area (Å²) >= 11 is 1.60. The molecule has 1 saturated heterocycles. The largest absolute Gasteiger partial charge is 0.486 e. The number of ether oxygens (including phenoxy) is 2. The van der Waals surface area contributed by atoms with Gasteiger partial charge in [0.05, 0.1) is 10.6 Å². The fourth-order valence-corrected chi connectivity index (χ4v) is 5.46. The Morgan fingerprint density at radius 2 is 1.67 bits per heavy atom. The molecule has 1 amide bonds. The molecule has 7 nitrogen and oxygen atoms in total. The fraction of sp³-hybridized carbons (Fsp3) is 0.250. The number of rotatable bonds is 5. The van der Waals surface area contributed by atoms with Crippen molar-refractivity contribution >= 4 is 23.0 Å². The summed E-state index contributed by atoms with van der Waals surface area (Å²) in [5.41, 5.74) is 2.78. The van der Waals surface area contributed by atoms with Gasteiger partial charge < -0.3 is 14.4 Å². The van der Waals surface area contributed by atoms with Crippen molar-refractivity contribution in [3.63, 3.8) is 0 Å². The lowest BCUT2D eigenvalue weighted by molar-refractivity contribution is 0.0642. The molecule has 0 N–H and O–H groups in total. The quantitative estimate of drug-likeness (QED) is 0.357. The number of benzene rings is 2. The van der Waals surface area contributed by atoms with E-state index < -0.39 is 0 Å². The van der Waals surface area contributed by atoms with E-state index in [1.807, 2.05) is 58.8 Å². The van der Waals surface area contributed by atoms with Crippen LogP contribution in [0.2, 0.25) is 0 Å². The van der Waals surface area contributed by atoms with Crippen LogP contribution in [0.3, 0.4) is 0 Å². The maximum atomic E-state index is 13.6. The van der Waals surface area contributed by atoms with Gasteiger partial charge in [0, 0.05) is 24.6 Å². The highest BCUT2D eigenvalue weighted by atomic mass is 32.1. The first kappa shape index (κ1) is 22.5. The summed E-state index contributed by atoms with van der Waals surface area (Å²) < 4.78 is 12.9. The Bertz CT molecular complexity index is 1390. The van der Waals surface area contributed by atoms with Gasteiger partial charge in [0.2, 0.25) is 0 Å². The van der Waals surface area contributed by atoms with Gasteiger partial charge >= 0.3 is 0 Å². The third-order valence-electron chi connectivity index (χ3n) is 6.68. The molecule has 0 atom stereocenters. The molecule has 2 aromatic carbocycles. The minimum Gasteiger partial charge on any atom is -0.486 e. The zero-order valence-corrected chi connectivity index (χ0v) is 20.4. The number of thiophene rings is 1. The SMILES string of the molecule is O=C(c1ccc2c(c1)OCCO2)C1CCN(C(=O)c2cc(-c3cccs3)nn2-c2ccccc2)CC1. The molecule has 1 fully saturated rings. The number of nitrogens with zero attached hydrogens (tertiary/aromatic N) is 3. The Balaban J connectivity index is 1.19. The lowest BCUT2D eigenvalue weighted by Gasteiger charge is -2.31. The number of piperidine rings is 1. The molecular weight excluding hydrogens is 474 g/mol. The number of Topliss-reactive ketones (excluding diaryl/α,β-unsaturated/α-hetero) is 1. The molecule has 2 aromatic heterocycles. The first-order chi connectivity index (χ1) is 17.7. The lowest BCUT2D eigenvalue weighted by atomic mass is 9.88. The predicted molar refractivity (Wildman–Crippen MR) is 137 cm³/mol. The van der Waals surface area contributed by atoms with Crippen molar-refractivity contribution in [3.05, 3.63) is 83.4 Å². The minimum absolute atomic E-state index is 0.0700. The smallest absolute Gasteiger partial charge is 0.272 e. The predicted octanol–water partition coefficient (Wildman–Crippen LogP) is 5.11. The third kappa shape index (κ3) is 4.28. The van der Waals surface area contributed by atoms with Crippen LogP contribution in [-0.2, 0) is 0 Å². The van der Waals surface area contributed by atoms with E-state index in [4.69, 9.17) is 14.6 Å². The van der Waals surface area contributed by atoms with Gasteiger partial charge in [-0.1, -0.05) is 24.3 Å². The molecule has 6 rings (SSSR count). The van der Waals surface area contributed by atoms with Crippen LogP contribution in [0.25, 0.3) is 16.3 Å². The second-order valence-corrected chi connectivity index (χ2v) is 9.88. The number of amides is 1. The molecule has 4 heterocycles. The molecule has 8 heteroatoms. The van der Waals surface area contributed by atoms with E-state index in [-0.39, 0.29) is 17.6 Å². The van der Waals surface area contributed by atoms with Gasteiger partial charge in [-0.15, -0.1) is 11.3 Å². The molecular formula is C28H25N3O4S. The zero-order valence-electron chi connectivity index (χ0n) is 19.6. The van der Waals surface area contributed by atoms with Crippen molar-refractivity contribution in [2.75, 3.05) is 26.3 Å². The Hall–Kier alpha value is -3.91. The molecule has 0 radical (unpaired) electrons. The summed E-state index contributed by atoms with van der Waals surface area (Å²) in [5, 5.41) is 6.76. The van der Waals surface area contributed by atoms with Crippen LogP contribution in [0, 0.1) is 5.92 Å². The van der Waals surface area contributed by atoms with Crippen LogP contribution in [0.1, 0.15) is 33.7 Å². The van der Waals surface area contributed by atoms with Crippen molar-refractivity contribution < 1.29 is 19.1 Å². The minimum atomic E-state index is -0.127. The van der Waals surface area contributed by atoms with Gasteiger partial charge in [-0.05, 0) is 60.7 Å². The number of hydrogen-bond acceptors (Lipinski definition) is 6. The molecule has 0 saturated carbocycles. The second-order valence-electron chi connectivity index (χ2n) is 8.93. The number of carbonyl (C=O) groups excluding carboxylic acids is 2. The van der Waals surface area contributed by atoms with Crippen LogP contribution in [-0.4, -0.2) is 52.7 Å². The van der Waals surface area contributed by atoms with Crippen LogP contribution < -0.4 is 9.47 Å². The van der Waals surface area contributed by atoms with Crippen LogP contribution in [0.15, 0.2) is 72.1 Å². The fourth-order valence-electron chi connectivity index (χ4n) is 4.78. The summed E-state index contributed by atoms with van der Waals surface area (Å²) in [5.74, 6) is 1.19. The van der Waals surface area contributed by atoms with Crippen molar-refractivity contribution in [2.24, 2.45) is 5.92 Å². The highest BCUT2D eigenvalue weighted by Gasteiger charge is 2.31. The standard InChI is InChI=1S/C28H25N3O4S/c32-27(20-8-9-24-25(17-20)35-15-14-34-24)19-10-12-30(13-11-19)28(33)23-18-22(26-7-4-16-36-26)29-31(23)21-5-2-1-3-6-21/h1-9,16-19H,10-15H2. The maximum Gasteiger partial charge on any atom is 0.272 e. The van der Waals surface area contributed by atoms with Gasteiger partial charge in [-0.2, -0.15) is 5.10 Å². The number of para-hydroxylation sites is 1. The zero-order chi connectivity index (χ0) is 24.5. The van der Waals surface area contributed by atoms with Gasteiger partial charge in [-0.25, -0.2) is 4.68 Å². The van der Waals surface area contributed by atoms with E-state index in [2.05, 4.69) is 0 Å². The average molecular weight is 500 g/mol. The molecule has 36 heavy (non-hydrogen) atoms. The highest BCUT2D eigenvalue weighted by molar-refractivity contribution is 7.13. The highest BCUT2D eigenvalue weighted by Crippen LogP contribution is 2.33. The molecule has 182 valence electrons. The Kier molecular flexibility index (Phi) is 6.03. The summed E-state index contributed by atoms with van der Waals surface area (Å²) in [6, 6.07) is 20.9. The van der Waals surface area contributed by atoms with Crippen LogP contribution >= 0.6 is 11.3 Å². The second kappa shape index (κ2) is 9.62. The van der Waals surface area contributed by atoms with Gasteiger partial charge in [0.1, 0.15) is 24.6 Å². The average Bonchev–Trinajstić information content (AvgIpc) is 3.63. The van der Waals surface area contributed by atoms with E-state index in [0.29, 0.717) is 61.9 Å². The normalized spacial score (nSPS) is 15.6. The number of ketones is 1. The van der Waals surface area contributed by atoms with E-state index in [1.165, 1.54) is 0 Å². The monoisotopic (exact) mass is 499 g/mol. The molecule has 4 aromatic rings. The van der Waals surface area contributed by atoms with E-state index >= 15 is 0 Å². The Morgan fingerprint density at radius 1 is 0.889 bits per heavy atom. The van der Waals surface area contributed by atoms with Gasteiger partial charge in [0.25, 0.3) is 5.91 Å². The topological polar surface area (TPSA) is 73.7 Å². The first-order valence-electron chi connectivity index (χ1n) is 12.1. The van der Waals surface area contributed by atoms with Crippen molar-refractivity contribution in [3.8, 4) is 27.8 Å². The lowest BCUT2D eigenvalue weighted by Crippen LogP contribution is -2.41. The number of likely N-dealkylation sites (tertiary alicyclic amines) is 1. The Labute approximate surface area is 212 Å². The molecule has 2 aliphatic heterocycles. The number of aromatic nitrogens is 2. The Morgan fingerprint density at radius 3 is 2.42 bits per heavy atom. The van der Waals surface area contributed by atoms with Crippen molar-refractivity contribution in [2.45, 2.75) is 12.8 Å². The maximum absolute atomic E-state index is 13.6. The van der Waals surface area contributed by atoms with E-state index in [9.17, 15) is 9.59 Å². The van der Waals surface area contributed by atoms with Crippen molar-refractivity contribution in [1.82, 2.24) is 14.7 Å². The molecule has 0 unspecified atom stereocenters. The summed E-state index contributed by atoms with van der Waals surface area (Å²) in [6.45, 7) is 2.05. The molecule has 0 aliphatic carbocycles. The summed E-state index contributed by atoms with van der Waals surface area (Å²) in [6.07, 6.45) is 1.24. The van der Waals surface area contributed by atoms with Crippen molar-refractivity contribution in [1.29, 1.82) is 0 Å². The first-order valence-corrected chi connectivity index (χ1v) is 13.0. The number of hydrogen-bond donors (Lipinski definition) is 0. The summed E-state index contributed by atoms with van der Waals surface area (Å²) in [7, 11) is 0. The number of fused-ring (bicyclic) bond motifs is 1. The van der Waals surface area contributed by atoms with Crippen LogP contribution in [0.4, 0.5) is 0 Å². The summed E-state index contributed by atoms with van der Waals surface area (Å²) in [4.78, 5) is 29.7. The van der Waals surface area contributed by atoms with Gasteiger partial charge in [-0.3, -0.25) is 9.59 Å². The van der Waals surface area contributed by atoms with E-state index in [1.54, 1.807) is 34.2 Å². The third-order valence-corrected chi connectivity index (χ3v) is 7.57. The molecule has 0 bridgehead atoms. The van der Waals surface area contributed by atoms with E-state index in [0.717, 1.165) is 16.3 Å².